The van der Waals surface area contributed by atoms with E-state index in [1.165, 1.54) is 11.1 Å². The quantitative estimate of drug-likeness (QED) is 0.257. The number of hydrogen-bond acceptors (Lipinski definition) is 4. The number of rotatable bonds is 10. The SMILES string of the molecule is CC1=C(C(=O)OCCC(c2ccccc2)c2ccccc2)C(c2cccc(C)c2)C(C(=O)N(C(C)C)C(C)C)=C(C)N1. The zero-order valence-electron chi connectivity index (χ0n) is 26.0. The summed E-state index contributed by atoms with van der Waals surface area (Å²) in [6, 6.07) is 28.7. The van der Waals surface area contributed by atoms with Gasteiger partial charge in [0.1, 0.15) is 0 Å². The van der Waals surface area contributed by atoms with Crippen molar-refractivity contribution in [3.05, 3.63) is 130 Å². The van der Waals surface area contributed by atoms with Crippen LogP contribution in [-0.2, 0) is 14.3 Å². The lowest BCUT2D eigenvalue weighted by molar-refractivity contribution is -0.139. The molecule has 3 aromatic carbocycles. The summed E-state index contributed by atoms with van der Waals surface area (Å²) in [6.45, 7) is 14.2. The number of carbonyl (C=O) groups excluding carboxylic acids is 2. The number of nitrogens with zero attached hydrogens (tertiary/aromatic N) is 1. The Morgan fingerprint density at radius 3 is 1.83 bits per heavy atom. The van der Waals surface area contributed by atoms with E-state index in [0.717, 1.165) is 16.8 Å². The minimum atomic E-state index is -0.537. The van der Waals surface area contributed by atoms with Crippen LogP contribution >= 0.6 is 0 Å². The number of benzene rings is 3. The molecule has 42 heavy (non-hydrogen) atoms. The molecule has 0 saturated carbocycles. The topological polar surface area (TPSA) is 58.6 Å². The highest BCUT2D eigenvalue weighted by molar-refractivity contribution is 6.02. The first-order valence-electron chi connectivity index (χ1n) is 14.9. The number of hydrogen-bond donors (Lipinski definition) is 1. The molecule has 0 spiro atoms. The molecule has 1 N–H and O–H groups in total. The average molecular weight is 565 g/mol. The lowest BCUT2D eigenvalue weighted by Crippen LogP contribution is -2.45. The highest BCUT2D eigenvalue weighted by Gasteiger charge is 2.39. The summed E-state index contributed by atoms with van der Waals surface area (Å²) in [5, 5.41) is 3.35. The molecule has 3 aromatic rings. The van der Waals surface area contributed by atoms with E-state index < -0.39 is 11.9 Å². The van der Waals surface area contributed by atoms with Crippen molar-refractivity contribution >= 4 is 11.9 Å². The Hall–Kier alpha value is -4.12. The molecule has 1 unspecified atom stereocenters. The number of carbonyl (C=O) groups is 2. The molecule has 0 saturated heterocycles. The summed E-state index contributed by atoms with van der Waals surface area (Å²) in [6.07, 6.45) is 0.643. The molecule has 0 radical (unpaired) electrons. The zero-order valence-corrected chi connectivity index (χ0v) is 26.0. The number of allylic oxidation sites excluding steroid dienone is 2. The number of dihydropyridines is 1. The molecule has 0 aliphatic carbocycles. The first-order valence-corrected chi connectivity index (χ1v) is 14.9. The lowest BCUT2D eigenvalue weighted by atomic mass is 9.79. The van der Waals surface area contributed by atoms with Gasteiger partial charge in [-0.15, -0.1) is 0 Å². The van der Waals surface area contributed by atoms with Crippen LogP contribution in [0.5, 0.6) is 0 Å². The Labute approximate surface area is 251 Å². The second-order valence-corrected chi connectivity index (χ2v) is 11.7. The van der Waals surface area contributed by atoms with Crippen LogP contribution in [0, 0.1) is 6.92 Å². The van der Waals surface area contributed by atoms with Crippen molar-refractivity contribution in [2.45, 2.75) is 78.8 Å². The summed E-state index contributed by atoms with van der Waals surface area (Å²) < 4.78 is 6.04. The molecule has 1 heterocycles. The molecular weight excluding hydrogens is 520 g/mol. The van der Waals surface area contributed by atoms with E-state index in [0.29, 0.717) is 23.3 Å². The van der Waals surface area contributed by atoms with E-state index in [9.17, 15) is 9.59 Å². The van der Waals surface area contributed by atoms with Gasteiger partial charge in [0.15, 0.2) is 0 Å². The first kappa shape index (κ1) is 30.8. The maximum Gasteiger partial charge on any atom is 0.336 e. The van der Waals surface area contributed by atoms with Gasteiger partial charge < -0.3 is 15.0 Å². The fourth-order valence-electron chi connectivity index (χ4n) is 6.18. The second-order valence-electron chi connectivity index (χ2n) is 11.7. The fourth-order valence-corrected chi connectivity index (χ4v) is 6.18. The van der Waals surface area contributed by atoms with E-state index in [4.69, 9.17) is 4.74 Å². The molecule has 1 atom stereocenters. The van der Waals surface area contributed by atoms with Crippen molar-refractivity contribution in [2.75, 3.05) is 6.61 Å². The van der Waals surface area contributed by atoms with Crippen LogP contribution < -0.4 is 5.32 Å². The number of amides is 1. The van der Waals surface area contributed by atoms with Gasteiger partial charge in [-0.2, -0.15) is 0 Å². The van der Waals surface area contributed by atoms with Gasteiger partial charge in [0.05, 0.1) is 18.1 Å². The normalized spacial score (nSPS) is 15.3. The van der Waals surface area contributed by atoms with E-state index in [2.05, 4.69) is 35.6 Å². The van der Waals surface area contributed by atoms with Crippen LogP contribution in [0.25, 0.3) is 0 Å². The molecule has 1 aliphatic rings. The Balaban J connectivity index is 1.66. The van der Waals surface area contributed by atoms with Crippen LogP contribution in [0.4, 0.5) is 0 Å². The molecule has 0 bridgehead atoms. The van der Waals surface area contributed by atoms with Gasteiger partial charge in [-0.3, -0.25) is 4.79 Å². The van der Waals surface area contributed by atoms with Gasteiger partial charge >= 0.3 is 5.97 Å². The van der Waals surface area contributed by atoms with Crippen molar-refractivity contribution in [3.8, 4) is 0 Å². The van der Waals surface area contributed by atoms with Gasteiger partial charge in [0.25, 0.3) is 5.91 Å². The van der Waals surface area contributed by atoms with Gasteiger partial charge in [0.2, 0.25) is 0 Å². The van der Waals surface area contributed by atoms with Gasteiger partial charge in [0, 0.05) is 35.0 Å². The minimum absolute atomic E-state index is 0.00581. The van der Waals surface area contributed by atoms with Crippen molar-refractivity contribution in [3.63, 3.8) is 0 Å². The maximum atomic E-state index is 14.2. The van der Waals surface area contributed by atoms with Crippen molar-refractivity contribution in [1.29, 1.82) is 0 Å². The van der Waals surface area contributed by atoms with Crippen molar-refractivity contribution < 1.29 is 14.3 Å². The van der Waals surface area contributed by atoms with E-state index in [1.807, 2.05) is 108 Å². The van der Waals surface area contributed by atoms with E-state index >= 15 is 0 Å². The monoisotopic (exact) mass is 564 g/mol. The number of esters is 1. The first-order chi connectivity index (χ1) is 20.1. The summed E-state index contributed by atoms with van der Waals surface area (Å²) in [5.41, 5.74) is 6.89. The van der Waals surface area contributed by atoms with Crippen LogP contribution in [-0.4, -0.2) is 35.5 Å². The van der Waals surface area contributed by atoms with Gasteiger partial charge in [-0.1, -0.05) is 90.5 Å². The van der Waals surface area contributed by atoms with Crippen LogP contribution in [0.2, 0.25) is 0 Å². The lowest BCUT2D eigenvalue weighted by Gasteiger charge is -2.37. The zero-order chi connectivity index (χ0) is 30.4. The predicted molar refractivity (Wildman–Crippen MR) is 170 cm³/mol. The second kappa shape index (κ2) is 13.7. The van der Waals surface area contributed by atoms with Crippen molar-refractivity contribution in [1.82, 2.24) is 10.2 Å². The van der Waals surface area contributed by atoms with Crippen LogP contribution in [0.1, 0.15) is 82.1 Å². The third kappa shape index (κ3) is 6.84. The molecule has 5 heteroatoms. The smallest absolute Gasteiger partial charge is 0.336 e. The summed E-state index contributed by atoms with van der Waals surface area (Å²) in [4.78, 5) is 30.1. The molecule has 1 aliphatic heterocycles. The number of nitrogens with one attached hydrogen (secondary N) is 1. The third-order valence-corrected chi connectivity index (χ3v) is 7.98. The standard InChI is InChI=1S/C37H44N2O3/c1-24(2)39(25(3)4)36(40)33-27(6)38-28(7)34(35(33)31-20-14-15-26(5)23-31)37(41)42-22-21-32(29-16-10-8-11-17-29)30-18-12-9-13-19-30/h8-20,23-25,32,35,38H,21-22H2,1-7H3. The Morgan fingerprint density at radius 1 is 0.762 bits per heavy atom. The Kier molecular flexibility index (Phi) is 10.1. The van der Waals surface area contributed by atoms with Crippen LogP contribution in [0.15, 0.2) is 107 Å². The molecule has 0 fully saturated rings. The van der Waals surface area contributed by atoms with E-state index in [-0.39, 0.29) is 30.5 Å². The van der Waals surface area contributed by atoms with Gasteiger partial charge in [-0.25, -0.2) is 4.79 Å². The van der Waals surface area contributed by atoms with Crippen molar-refractivity contribution in [2.24, 2.45) is 0 Å². The largest absolute Gasteiger partial charge is 0.462 e. The highest BCUT2D eigenvalue weighted by Crippen LogP contribution is 2.40. The highest BCUT2D eigenvalue weighted by atomic mass is 16.5. The summed E-state index contributed by atoms with van der Waals surface area (Å²) >= 11 is 0. The summed E-state index contributed by atoms with van der Waals surface area (Å²) in [5.74, 6) is -0.908. The Morgan fingerprint density at radius 2 is 1.31 bits per heavy atom. The predicted octanol–water partition coefficient (Wildman–Crippen LogP) is 7.64. The van der Waals surface area contributed by atoms with Gasteiger partial charge in [-0.05, 0) is 71.6 Å². The molecule has 5 nitrogen and oxygen atoms in total. The number of ether oxygens (including phenoxy) is 1. The number of aryl methyl sites for hydroxylation is 1. The maximum absolute atomic E-state index is 14.2. The third-order valence-electron chi connectivity index (χ3n) is 7.98. The summed E-state index contributed by atoms with van der Waals surface area (Å²) in [7, 11) is 0. The van der Waals surface area contributed by atoms with Crippen LogP contribution in [0.3, 0.4) is 0 Å². The molecule has 0 aromatic heterocycles. The molecule has 4 rings (SSSR count). The minimum Gasteiger partial charge on any atom is -0.462 e. The molecule has 1 amide bonds. The molecule has 220 valence electrons. The fraction of sp³-hybridized carbons (Fsp3) is 0.351. The average Bonchev–Trinajstić information content (AvgIpc) is 2.95. The Bertz CT molecular complexity index is 1410. The van der Waals surface area contributed by atoms with E-state index in [1.54, 1.807) is 0 Å². The molecular formula is C37H44N2O3.